The summed E-state index contributed by atoms with van der Waals surface area (Å²) in [4.78, 5) is 33.4. The second-order valence-electron chi connectivity index (χ2n) is 14.2. The lowest BCUT2D eigenvalue weighted by atomic mass is 9.98. The summed E-state index contributed by atoms with van der Waals surface area (Å²) >= 11 is 1.14. The molecule has 4 N–H and O–H groups in total. The summed E-state index contributed by atoms with van der Waals surface area (Å²) in [5, 5.41) is 17.6. The predicted molar refractivity (Wildman–Crippen MR) is 209 cm³/mol. The number of aliphatic hydroxyl groups excluding tert-OH is 1. The summed E-state index contributed by atoms with van der Waals surface area (Å²) in [6, 6.07) is 12.8. The van der Waals surface area contributed by atoms with Gasteiger partial charge in [-0.05, 0) is 54.7 Å². The first-order chi connectivity index (χ1) is 24.7. The minimum atomic E-state index is -4.09. The lowest BCUT2D eigenvalue weighted by molar-refractivity contribution is -0.124. The van der Waals surface area contributed by atoms with Crippen molar-refractivity contribution in [3.05, 3.63) is 53.0 Å². The van der Waals surface area contributed by atoms with Crippen molar-refractivity contribution in [3.63, 3.8) is 0 Å². The molecule has 4 rings (SSSR count). The molecule has 0 saturated carbocycles. The van der Waals surface area contributed by atoms with E-state index in [0.717, 1.165) is 54.4 Å². The standard InChI is InChI=1S/C38H56N4O7S3/c1-3-4-5-6-7-8-9-10-11-12-13-14-23-38(51(2,46)47,36(45)40-24-27-52(39,48)49)37-41-33-20-19-31(28-34(33)50-37)29-15-17-30(18-16-29)35(44)42-25-21-32(43)22-26-42/h15-20,28,32,43H,3-14,21-27H2,1-2H3,(H,40,45)(H2,39,48,49). The molecule has 1 atom stereocenters. The smallest absolute Gasteiger partial charge is 0.253 e. The van der Waals surface area contributed by atoms with Crippen LogP contribution in [-0.2, 0) is 29.4 Å². The zero-order valence-electron chi connectivity index (χ0n) is 30.6. The molecule has 2 amide bonds. The van der Waals surface area contributed by atoms with Gasteiger partial charge in [-0.15, -0.1) is 11.3 Å². The van der Waals surface area contributed by atoms with Crippen LogP contribution in [-0.4, -0.2) is 81.4 Å². The third-order valence-electron chi connectivity index (χ3n) is 10.0. The van der Waals surface area contributed by atoms with Crippen LogP contribution in [0.2, 0.25) is 0 Å². The number of carbonyl (C=O) groups excluding carboxylic acids is 2. The van der Waals surface area contributed by atoms with Crippen LogP contribution in [0.1, 0.15) is 119 Å². The number of nitrogens with two attached hydrogens (primary N) is 1. The van der Waals surface area contributed by atoms with Crippen molar-refractivity contribution < 1.29 is 31.5 Å². The van der Waals surface area contributed by atoms with Gasteiger partial charge in [0.2, 0.25) is 20.7 Å². The number of thiazole rings is 1. The molecule has 0 aliphatic carbocycles. The lowest BCUT2D eigenvalue weighted by Gasteiger charge is -2.29. The van der Waals surface area contributed by atoms with Crippen LogP contribution in [0.25, 0.3) is 21.3 Å². The van der Waals surface area contributed by atoms with Crippen molar-refractivity contribution >= 4 is 53.2 Å². The summed E-state index contributed by atoms with van der Waals surface area (Å²) in [6.07, 6.45) is 15.0. The average molecular weight is 777 g/mol. The van der Waals surface area contributed by atoms with Gasteiger partial charge in [0, 0.05) is 31.5 Å². The van der Waals surface area contributed by atoms with E-state index in [-0.39, 0.29) is 30.0 Å². The first kappa shape index (κ1) is 41.8. The number of aromatic nitrogens is 1. The number of likely N-dealkylation sites (tertiary alicyclic amines) is 1. The SMILES string of the molecule is CCCCCCCCCCCCCCC(C(=O)NCCS(N)(=O)=O)(c1nc2ccc(-c3ccc(C(=O)N4CCC(O)CC4)cc3)cc2s1)S(C)(=O)=O. The molecule has 2 aromatic carbocycles. The van der Waals surface area contributed by atoms with Crippen LogP contribution in [0.3, 0.4) is 0 Å². The number of sulfone groups is 1. The number of carbonyl (C=O) groups is 2. The first-order valence-corrected chi connectivity index (χ1v) is 23.1. The number of primary sulfonamides is 1. The van der Waals surface area contributed by atoms with Crippen LogP contribution >= 0.6 is 11.3 Å². The van der Waals surface area contributed by atoms with Gasteiger partial charge in [0.1, 0.15) is 5.01 Å². The van der Waals surface area contributed by atoms with E-state index < -0.39 is 36.3 Å². The van der Waals surface area contributed by atoms with Gasteiger partial charge < -0.3 is 15.3 Å². The topological polar surface area (TPSA) is 177 Å². The number of amides is 2. The minimum Gasteiger partial charge on any atom is -0.393 e. The molecule has 0 bridgehead atoms. The van der Waals surface area contributed by atoms with E-state index in [4.69, 9.17) is 10.1 Å². The number of hydrogen-bond donors (Lipinski definition) is 3. The highest BCUT2D eigenvalue weighted by atomic mass is 32.2. The molecule has 11 nitrogen and oxygen atoms in total. The Kier molecular flexibility index (Phi) is 15.6. The van der Waals surface area contributed by atoms with E-state index >= 15 is 0 Å². The molecule has 14 heteroatoms. The van der Waals surface area contributed by atoms with E-state index in [9.17, 15) is 31.5 Å². The maximum atomic E-state index is 13.9. The Morgan fingerprint density at radius 2 is 1.44 bits per heavy atom. The van der Waals surface area contributed by atoms with Crippen molar-refractivity contribution in [2.45, 2.75) is 114 Å². The lowest BCUT2D eigenvalue weighted by Crippen LogP contribution is -2.50. The number of benzene rings is 2. The molecule has 2 heterocycles. The van der Waals surface area contributed by atoms with Crippen LogP contribution in [0, 0.1) is 0 Å². The maximum absolute atomic E-state index is 13.9. The molecule has 0 radical (unpaired) electrons. The number of aliphatic hydroxyl groups is 1. The molecule has 1 unspecified atom stereocenters. The van der Waals surface area contributed by atoms with Gasteiger partial charge >= 0.3 is 0 Å². The molecule has 1 aliphatic rings. The normalized spacial score (nSPS) is 15.5. The molecule has 3 aromatic rings. The highest BCUT2D eigenvalue weighted by molar-refractivity contribution is 7.92. The van der Waals surface area contributed by atoms with Crippen molar-refractivity contribution in [3.8, 4) is 11.1 Å². The van der Waals surface area contributed by atoms with E-state index in [1.807, 2.05) is 24.3 Å². The molecule has 1 aliphatic heterocycles. The predicted octanol–water partition coefficient (Wildman–Crippen LogP) is 6.30. The van der Waals surface area contributed by atoms with Gasteiger partial charge in [0.25, 0.3) is 5.91 Å². The van der Waals surface area contributed by atoms with Crippen LogP contribution < -0.4 is 10.5 Å². The van der Waals surface area contributed by atoms with Gasteiger partial charge in [-0.1, -0.05) is 102 Å². The Labute approximate surface area is 313 Å². The molecule has 1 aromatic heterocycles. The van der Waals surface area contributed by atoms with Crippen molar-refractivity contribution in [1.29, 1.82) is 0 Å². The second kappa shape index (κ2) is 19.4. The average Bonchev–Trinajstić information content (AvgIpc) is 3.53. The van der Waals surface area contributed by atoms with E-state index in [0.29, 0.717) is 48.1 Å². The molecular weight excluding hydrogens is 721 g/mol. The molecule has 0 spiro atoms. The summed E-state index contributed by atoms with van der Waals surface area (Å²) in [7, 11) is -7.97. The fraction of sp³-hybridized carbons (Fsp3) is 0.605. The van der Waals surface area contributed by atoms with Crippen LogP contribution in [0.15, 0.2) is 42.5 Å². The van der Waals surface area contributed by atoms with Gasteiger partial charge in [-0.25, -0.2) is 27.0 Å². The first-order valence-electron chi connectivity index (χ1n) is 18.7. The zero-order chi connectivity index (χ0) is 37.8. The molecule has 1 fully saturated rings. The number of piperidine rings is 1. The number of hydrogen-bond acceptors (Lipinski definition) is 9. The Morgan fingerprint density at radius 3 is 2.00 bits per heavy atom. The molecule has 52 heavy (non-hydrogen) atoms. The molecular formula is C38H56N4O7S3. The number of fused-ring (bicyclic) bond motifs is 1. The van der Waals surface area contributed by atoms with E-state index in [2.05, 4.69) is 12.2 Å². The van der Waals surface area contributed by atoms with Crippen LogP contribution in [0.4, 0.5) is 0 Å². The Balaban J connectivity index is 1.51. The van der Waals surface area contributed by atoms with Crippen molar-refractivity contribution in [1.82, 2.24) is 15.2 Å². The summed E-state index contributed by atoms with van der Waals surface area (Å²) in [5.41, 5.74) is 2.80. The summed E-state index contributed by atoms with van der Waals surface area (Å²) in [6.45, 7) is 2.93. The summed E-state index contributed by atoms with van der Waals surface area (Å²) < 4.78 is 49.3. The summed E-state index contributed by atoms with van der Waals surface area (Å²) in [5.74, 6) is -1.40. The monoisotopic (exact) mass is 776 g/mol. The quantitative estimate of drug-likeness (QED) is 0.106. The number of rotatable bonds is 21. The van der Waals surface area contributed by atoms with Gasteiger partial charge in [-0.2, -0.15) is 0 Å². The fourth-order valence-corrected chi connectivity index (χ4v) is 10.2. The Bertz CT molecular complexity index is 1840. The van der Waals surface area contributed by atoms with Crippen LogP contribution in [0.5, 0.6) is 0 Å². The largest absolute Gasteiger partial charge is 0.393 e. The highest BCUT2D eigenvalue weighted by Crippen LogP contribution is 2.41. The van der Waals surface area contributed by atoms with E-state index in [1.165, 1.54) is 44.9 Å². The Morgan fingerprint density at radius 1 is 0.885 bits per heavy atom. The third kappa shape index (κ3) is 11.5. The molecule has 288 valence electrons. The fourth-order valence-electron chi connectivity index (χ4n) is 6.83. The highest BCUT2D eigenvalue weighted by Gasteiger charge is 2.51. The minimum absolute atomic E-state index is 0.0165. The third-order valence-corrected chi connectivity index (χ3v) is 13.9. The zero-order valence-corrected chi connectivity index (χ0v) is 33.1. The number of nitrogens with zero attached hydrogens (tertiary/aromatic N) is 2. The number of nitrogens with one attached hydrogen (secondary N) is 1. The van der Waals surface area contributed by atoms with Crippen molar-refractivity contribution in [2.75, 3.05) is 31.6 Å². The van der Waals surface area contributed by atoms with Gasteiger partial charge in [-0.3, -0.25) is 9.59 Å². The van der Waals surface area contributed by atoms with Gasteiger partial charge in [0.15, 0.2) is 9.84 Å². The maximum Gasteiger partial charge on any atom is 0.253 e. The second-order valence-corrected chi connectivity index (χ2v) is 19.2. The number of unbranched alkanes of at least 4 members (excludes halogenated alkanes) is 11. The Hall–Kier alpha value is -2.91. The van der Waals surface area contributed by atoms with Gasteiger partial charge in [0.05, 0.1) is 22.1 Å². The van der Waals surface area contributed by atoms with E-state index in [1.54, 1.807) is 23.1 Å². The number of sulfonamides is 1. The van der Waals surface area contributed by atoms with Crippen molar-refractivity contribution in [2.24, 2.45) is 5.14 Å². The molecule has 1 saturated heterocycles.